The Balaban J connectivity index is 2.41. The molecule has 0 fully saturated rings. The molecular weight excluding hydrogens is 208 g/mol. The summed E-state index contributed by atoms with van der Waals surface area (Å²) < 4.78 is 0. The Morgan fingerprint density at radius 1 is 1.06 bits per heavy atom. The third-order valence-electron chi connectivity index (χ3n) is 3.12. The van der Waals surface area contributed by atoms with Crippen LogP contribution in [0.2, 0.25) is 0 Å². The molecule has 1 aromatic carbocycles. The van der Waals surface area contributed by atoms with E-state index < -0.39 is 0 Å². The summed E-state index contributed by atoms with van der Waals surface area (Å²) in [6.07, 6.45) is 3.66. The number of hydrogen-bond acceptors (Lipinski definition) is 2. The van der Waals surface area contributed by atoms with Gasteiger partial charge < -0.3 is 0 Å². The highest BCUT2D eigenvalue weighted by Crippen LogP contribution is 2.30. The van der Waals surface area contributed by atoms with Crippen molar-refractivity contribution in [2.75, 3.05) is 0 Å². The summed E-state index contributed by atoms with van der Waals surface area (Å²) >= 11 is 0. The predicted molar refractivity (Wildman–Crippen MR) is 67.5 cm³/mol. The number of aromatic nitrogens is 1. The van der Waals surface area contributed by atoms with Gasteiger partial charge in [0.2, 0.25) is 0 Å². The average Bonchev–Trinajstić information content (AvgIpc) is 2.40. The minimum absolute atomic E-state index is 0.0950. The Morgan fingerprint density at radius 3 is 2.29 bits per heavy atom. The molecule has 1 heterocycles. The first kappa shape index (κ1) is 11.3. The van der Waals surface area contributed by atoms with E-state index in [1.807, 2.05) is 36.5 Å². The minimum atomic E-state index is -0.0950. The van der Waals surface area contributed by atoms with Gasteiger partial charge in [-0.15, -0.1) is 0 Å². The van der Waals surface area contributed by atoms with Crippen LogP contribution in [0.25, 0.3) is 0 Å². The Kier molecular flexibility index (Phi) is 2.93. The summed E-state index contributed by atoms with van der Waals surface area (Å²) in [7, 11) is 0. The van der Waals surface area contributed by atoms with Gasteiger partial charge in [-0.3, -0.25) is 4.98 Å². The fourth-order valence-electron chi connectivity index (χ4n) is 1.86. The van der Waals surface area contributed by atoms with Crippen molar-refractivity contribution in [2.24, 2.45) is 0 Å². The first-order chi connectivity index (χ1) is 8.14. The highest BCUT2D eigenvalue weighted by atomic mass is 14.6. The summed E-state index contributed by atoms with van der Waals surface area (Å²) in [6.45, 7) is 4.32. The maximum Gasteiger partial charge on any atom is 0.0991 e. The monoisotopic (exact) mass is 222 g/mol. The molecule has 0 saturated carbocycles. The van der Waals surface area contributed by atoms with Crippen molar-refractivity contribution >= 4 is 0 Å². The SMILES string of the molecule is CC(C)(c1ccc(C#N)cc1)c1cccnc1. The van der Waals surface area contributed by atoms with Crippen LogP contribution in [0.4, 0.5) is 0 Å². The number of benzene rings is 1. The Labute approximate surface area is 102 Å². The molecule has 2 heteroatoms. The van der Waals surface area contributed by atoms with E-state index in [-0.39, 0.29) is 5.41 Å². The molecule has 0 aliphatic carbocycles. The molecule has 2 aromatic rings. The molecule has 0 amide bonds. The van der Waals surface area contributed by atoms with Gasteiger partial charge in [0.1, 0.15) is 0 Å². The minimum Gasteiger partial charge on any atom is -0.264 e. The van der Waals surface area contributed by atoms with Crippen LogP contribution in [0, 0.1) is 11.3 Å². The number of hydrogen-bond donors (Lipinski definition) is 0. The van der Waals surface area contributed by atoms with E-state index in [9.17, 15) is 0 Å². The average molecular weight is 222 g/mol. The van der Waals surface area contributed by atoms with Gasteiger partial charge in [-0.2, -0.15) is 5.26 Å². The highest BCUT2D eigenvalue weighted by Gasteiger charge is 2.22. The first-order valence-corrected chi connectivity index (χ1v) is 5.56. The summed E-state index contributed by atoms with van der Waals surface area (Å²) in [4.78, 5) is 4.16. The summed E-state index contributed by atoms with van der Waals surface area (Å²) in [6, 6.07) is 13.9. The smallest absolute Gasteiger partial charge is 0.0991 e. The molecule has 0 aliphatic rings. The van der Waals surface area contributed by atoms with Crippen molar-refractivity contribution in [1.29, 1.82) is 5.26 Å². The van der Waals surface area contributed by atoms with Gasteiger partial charge in [0.25, 0.3) is 0 Å². The Hall–Kier alpha value is -2.14. The van der Waals surface area contributed by atoms with E-state index in [0.717, 1.165) is 0 Å². The lowest BCUT2D eigenvalue weighted by atomic mass is 9.79. The maximum atomic E-state index is 8.79. The maximum absolute atomic E-state index is 8.79. The number of nitrogens with zero attached hydrogens (tertiary/aromatic N) is 2. The summed E-state index contributed by atoms with van der Waals surface area (Å²) in [5, 5.41) is 8.79. The van der Waals surface area contributed by atoms with Crippen LogP contribution in [0.5, 0.6) is 0 Å². The third-order valence-corrected chi connectivity index (χ3v) is 3.12. The van der Waals surface area contributed by atoms with E-state index in [1.54, 1.807) is 6.20 Å². The Bertz CT molecular complexity index is 533. The molecule has 17 heavy (non-hydrogen) atoms. The first-order valence-electron chi connectivity index (χ1n) is 5.56. The van der Waals surface area contributed by atoms with Crippen molar-refractivity contribution in [3.63, 3.8) is 0 Å². The third kappa shape index (κ3) is 2.19. The Morgan fingerprint density at radius 2 is 1.76 bits per heavy atom. The molecule has 0 saturated heterocycles. The predicted octanol–water partition coefficient (Wildman–Crippen LogP) is 3.28. The van der Waals surface area contributed by atoms with Crippen LogP contribution in [0.3, 0.4) is 0 Å². The van der Waals surface area contributed by atoms with E-state index in [2.05, 4.69) is 31.0 Å². The van der Waals surface area contributed by atoms with E-state index in [0.29, 0.717) is 5.56 Å². The van der Waals surface area contributed by atoms with Gasteiger partial charge in [0, 0.05) is 17.8 Å². The molecule has 0 atom stereocenters. The molecule has 0 aliphatic heterocycles. The molecule has 0 radical (unpaired) electrons. The second-order valence-corrected chi connectivity index (χ2v) is 4.56. The standard InChI is InChI=1S/C15H14N2/c1-15(2,14-4-3-9-17-11-14)13-7-5-12(10-16)6-8-13/h3-9,11H,1-2H3. The molecule has 2 rings (SSSR count). The molecular formula is C15H14N2. The highest BCUT2D eigenvalue weighted by molar-refractivity contribution is 5.40. The van der Waals surface area contributed by atoms with Gasteiger partial charge in [-0.1, -0.05) is 32.0 Å². The van der Waals surface area contributed by atoms with E-state index >= 15 is 0 Å². The zero-order valence-electron chi connectivity index (χ0n) is 10.0. The van der Waals surface area contributed by atoms with E-state index in [4.69, 9.17) is 5.26 Å². The molecule has 0 unspecified atom stereocenters. The van der Waals surface area contributed by atoms with Crippen molar-refractivity contribution < 1.29 is 0 Å². The van der Waals surface area contributed by atoms with Crippen LogP contribution in [0.15, 0.2) is 48.8 Å². The van der Waals surface area contributed by atoms with Gasteiger partial charge >= 0.3 is 0 Å². The number of nitriles is 1. The van der Waals surface area contributed by atoms with Crippen molar-refractivity contribution in [1.82, 2.24) is 4.98 Å². The lowest BCUT2D eigenvalue weighted by molar-refractivity contribution is 0.637. The largest absolute Gasteiger partial charge is 0.264 e. The van der Waals surface area contributed by atoms with Crippen LogP contribution in [0.1, 0.15) is 30.5 Å². The van der Waals surface area contributed by atoms with Crippen LogP contribution in [-0.2, 0) is 5.41 Å². The lowest BCUT2D eigenvalue weighted by Crippen LogP contribution is -2.18. The lowest BCUT2D eigenvalue weighted by Gasteiger charge is -2.25. The van der Waals surface area contributed by atoms with Crippen LogP contribution >= 0.6 is 0 Å². The molecule has 0 spiro atoms. The molecule has 0 N–H and O–H groups in total. The molecule has 2 nitrogen and oxygen atoms in total. The second kappa shape index (κ2) is 4.39. The van der Waals surface area contributed by atoms with Crippen molar-refractivity contribution in [3.05, 3.63) is 65.5 Å². The number of pyridine rings is 1. The van der Waals surface area contributed by atoms with Gasteiger partial charge in [-0.05, 0) is 29.3 Å². The van der Waals surface area contributed by atoms with Gasteiger partial charge in [0.05, 0.1) is 11.6 Å². The topological polar surface area (TPSA) is 36.7 Å². The molecule has 0 bridgehead atoms. The summed E-state index contributed by atoms with van der Waals surface area (Å²) in [5.41, 5.74) is 2.95. The van der Waals surface area contributed by atoms with Crippen LogP contribution < -0.4 is 0 Å². The second-order valence-electron chi connectivity index (χ2n) is 4.56. The number of rotatable bonds is 2. The fraction of sp³-hybridized carbons (Fsp3) is 0.200. The van der Waals surface area contributed by atoms with Crippen molar-refractivity contribution in [2.45, 2.75) is 19.3 Å². The van der Waals surface area contributed by atoms with E-state index in [1.165, 1.54) is 11.1 Å². The van der Waals surface area contributed by atoms with Crippen LogP contribution in [-0.4, -0.2) is 4.98 Å². The molecule has 84 valence electrons. The quantitative estimate of drug-likeness (QED) is 0.781. The summed E-state index contributed by atoms with van der Waals surface area (Å²) in [5.74, 6) is 0. The fourth-order valence-corrected chi connectivity index (χ4v) is 1.86. The molecule has 1 aromatic heterocycles. The van der Waals surface area contributed by atoms with Gasteiger partial charge in [-0.25, -0.2) is 0 Å². The zero-order valence-corrected chi connectivity index (χ0v) is 10.0. The zero-order chi connectivity index (χ0) is 12.3. The van der Waals surface area contributed by atoms with Crippen molar-refractivity contribution in [3.8, 4) is 6.07 Å². The normalized spacial score (nSPS) is 10.9. The van der Waals surface area contributed by atoms with Gasteiger partial charge in [0.15, 0.2) is 0 Å².